The maximum absolute atomic E-state index is 12.6. The zero-order valence-electron chi connectivity index (χ0n) is 15.3. The molecule has 1 heterocycles. The van der Waals surface area contributed by atoms with Gasteiger partial charge in [0, 0.05) is 12.6 Å². The molecule has 10 heteroatoms. The van der Waals surface area contributed by atoms with Crippen LogP contribution in [0.2, 0.25) is 0 Å². The highest BCUT2D eigenvalue weighted by molar-refractivity contribution is 7.13. The molecule has 1 amide bonds. The Morgan fingerprint density at radius 3 is 2.43 bits per heavy atom. The van der Waals surface area contributed by atoms with Gasteiger partial charge >= 0.3 is 6.18 Å². The number of rotatable bonds is 7. The first kappa shape index (κ1) is 21.4. The molecule has 0 aliphatic rings. The average molecular weight is 413 g/mol. The van der Waals surface area contributed by atoms with E-state index in [0.717, 1.165) is 12.1 Å². The largest absolute Gasteiger partial charge is 0.416 e. The summed E-state index contributed by atoms with van der Waals surface area (Å²) in [4.78, 5) is 22.6. The van der Waals surface area contributed by atoms with Crippen LogP contribution in [-0.2, 0) is 27.3 Å². The zero-order chi connectivity index (χ0) is 20.7. The quantitative estimate of drug-likeness (QED) is 0.554. The van der Waals surface area contributed by atoms with Gasteiger partial charge in [-0.05, 0) is 36.1 Å². The van der Waals surface area contributed by atoms with Crippen molar-refractivity contribution in [1.29, 1.82) is 0 Å². The van der Waals surface area contributed by atoms with E-state index in [1.807, 2.05) is 0 Å². The van der Waals surface area contributed by atoms with Gasteiger partial charge in [0.1, 0.15) is 13.7 Å². The molecule has 1 aromatic carbocycles. The van der Waals surface area contributed by atoms with Crippen LogP contribution in [0.4, 0.5) is 13.2 Å². The number of oxime groups is 2. The van der Waals surface area contributed by atoms with Crippen LogP contribution in [0.25, 0.3) is 0 Å². The number of thiophene rings is 1. The second-order valence-electron chi connectivity index (χ2n) is 5.50. The Kier molecular flexibility index (Phi) is 7.16. The van der Waals surface area contributed by atoms with Gasteiger partial charge in [-0.1, -0.05) is 22.4 Å². The molecule has 0 unspecified atom stereocenters. The number of hydrogen-bond acceptors (Lipinski definition) is 6. The molecule has 1 aromatic heterocycles. The highest BCUT2D eigenvalue weighted by atomic mass is 32.1. The summed E-state index contributed by atoms with van der Waals surface area (Å²) in [6.45, 7) is 1.68. The van der Waals surface area contributed by atoms with Crippen molar-refractivity contribution in [2.75, 3.05) is 14.2 Å². The fourth-order valence-corrected chi connectivity index (χ4v) is 3.09. The lowest BCUT2D eigenvalue weighted by atomic mass is 10.1. The predicted molar refractivity (Wildman–Crippen MR) is 100 cm³/mol. The van der Waals surface area contributed by atoms with Crippen LogP contribution in [0, 0.1) is 0 Å². The summed E-state index contributed by atoms with van der Waals surface area (Å²) in [5.74, 6) is -0.407. The van der Waals surface area contributed by atoms with Crippen molar-refractivity contribution in [2.45, 2.75) is 19.7 Å². The molecule has 0 spiro atoms. The molecular weight excluding hydrogens is 395 g/mol. The van der Waals surface area contributed by atoms with Crippen molar-refractivity contribution in [3.05, 3.63) is 57.3 Å². The van der Waals surface area contributed by atoms with Crippen molar-refractivity contribution in [3.63, 3.8) is 0 Å². The first-order valence-corrected chi connectivity index (χ1v) is 8.90. The van der Waals surface area contributed by atoms with Crippen molar-refractivity contribution >= 4 is 28.7 Å². The number of hydrogen-bond donors (Lipinski definition) is 1. The van der Waals surface area contributed by atoms with Gasteiger partial charge in [-0.3, -0.25) is 4.79 Å². The molecule has 0 saturated carbocycles. The number of likely N-dealkylation sites (N-methyl/N-ethyl adjacent to an activating group) is 1. The second kappa shape index (κ2) is 9.36. The van der Waals surface area contributed by atoms with E-state index >= 15 is 0 Å². The molecular formula is C18H18F3N3O3S. The lowest BCUT2D eigenvalue weighted by molar-refractivity contribution is -0.137. The molecule has 2 rings (SSSR count). The first-order chi connectivity index (χ1) is 13.3. The van der Waals surface area contributed by atoms with Crippen LogP contribution >= 0.6 is 11.3 Å². The van der Waals surface area contributed by atoms with Crippen LogP contribution < -0.4 is 5.32 Å². The van der Waals surface area contributed by atoms with E-state index in [1.165, 1.54) is 37.6 Å². The first-order valence-electron chi connectivity index (χ1n) is 8.02. The summed E-state index contributed by atoms with van der Waals surface area (Å²) in [5, 5.41) is 11.9. The molecule has 0 saturated heterocycles. The number of amides is 1. The van der Waals surface area contributed by atoms with E-state index in [0.29, 0.717) is 21.7 Å². The van der Waals surface area contributed by atoms with E-state index < -0.39 is 17.6 Å². The number of alkyl halides is 3. The molecule has 2 aromatic rings. The molecule has 0 fully saturated rings. The van der Waals surface area contributed by atoms with E-state index in [9.17, 15) is 18.0 Å². The molecule has 1 N–H and O–H groups in total. The summed E-state index contributed by atoms with van der Waals surface area (Å²) in [6.07, 6.45) is -4.39. The van der Waals surface area contributed by atoms with E-state index in [-0.39, 0.29) is 12.3 Å². The van der Waals surface area contributed by atoms with Crippen molar-refractivity contribution in [2.24, 2.45) is 10.3 Å². The minimum absolute atomic E-state index is 0.0521. The van der Waals surface area contributed by atoms with Gasteiger partial charge in [0.25, 0.3) is 5.91 Å². The molecule has 150 valence electrons. The Morgan fingerprint density at radius 1 is 1.18 bits per heavy atom. The second-order valence-corrected chi connectivity index (χ2v) is 6.42. The number of nitrogens with zero attached hydrogens (tertiary/aromatic N) is 2. The van der Waals surface area contributed by atoms with Crippen LogP contribution in [0.1, 0.15) is 28.5 Å². The average Bonchev–Trinajstić information content (AvgIpc) is 3.13. The Labute approximate surface area is 163 Å². The summed E-state index contributed by atoms with van der Waals surface area (Å²) in [6, 6.07) is 6.40. The minimum atomic E-state index is -4.39. The highest BCUT2D eigenvalue weighted by Crippen LogP contribution is 2.29. The van der Waals surface area contributed by atoms with Gasteiger partial charge < -0.3 is 15.0 Å². The van der Waals surface area contributed by atoms with E-state index in [1.54, 1.807) is 18.4 Å². The monoisotopic (exact) mass is 413 g/mol. The highest BCUT2D eigenvalue weighted by Gasteiger charge is 2.30. The van der Waals surface area contributed by atoms with Gasteiger partial charge in [-0.15, -0.1) is 11.3 Å². The summed E-state index contributed by atoms with van der Waals surface area (Å²) in [5.41, 5.74) is 0.982. The fourth-order valence-electron chi connectivity index (χ4n) is 2.20. The van der Waals surface area contributed by atoms with Crippen LogP contribution in [-0.4, -0.2) is 31.5 Å². The molecule has 28 heavy (non-hydrogen) atoms. The van der Waals surface area contributed by atoms with Crippen molar-refractivity contribution in [1.82, 2.24) is 5.32 Å². The van der Waals surface area contributed by atoms with Gasteiger partial charge in [0.2, 0.25) is 0 Å². The summed E-state index contributed by atoms with van der Waals surface area (Å²) >= 11 is 1.29. The number of carbonyl (C=O) groups is 1. The van der Waals surface area contributed by atoms with Gasteiger partial charge in [-0.2, -0.15) is 13.2 Å². The van der Waals surface area contributed by atoms with E-state index in [2.05, 4.69) is 15.6 Å². The van der Waals surface area contributed by atoms with Gasteiger partial charge in [0.05, 0.1) is 16.2 Å². The Balaban J connectivity index is 2.10. The third kappa shape index (κ3) is 5.32. The molecule has 0 atom stereocenters. The molecule has 0 aliphatic carbocycles. The normalized spacial score (nSPS) is 12.6. The lowest BCUT2D eigenvalue weighted by Crippen LogP contribution is -2.28. The molecule has 0 radical (unpaired) electrons. The number of carbonyl (C=O) groups excluding carboxylic acids is 1. The Bertz CT molecular complexity index is 874. The number of halogens is 3. The molecule has 0 aliphatic heterocycles. The Morgan fingerprint density at radius 2 is 1.86 bits per heavy atom. The van der Waals surface area contributed by atoms with Crippen molar-refractivity contribution in [3.8, 4) is 0 Å². The van der Waals surface area contributed by atoms with Crippen LogP contribution in [0.3, 0.4) is 0 Å². The summed E-state index contributed by atoms with van der Waals surface area (Å²) < 4.78 is 37.9. The third-order valence-corrected chi connectivity index (χ3v) is 4.60. The van der Waals surface area contributed by atoms with Gasteiger partial charge in [0.15, 0.2) is 5.71 Å². The van der Waals surface area contributed by atoms with Crippen molar-refractivity contribution < 1.29 is 27.6 Å². The SMILES string of the molecule is CNC(=O)/C(=N/OC)c1sccc1CO/N=C(/C)c1ccc(C(F)(F)F)cc1. The topological polar surface area (TPSA) is 72.3 Å². The lowest BCUT2D eigenvalue weighted by Gasteiger charge is -2.08. The van der Waals surface area contributed by atoms with Crippen LogP contribution in [0.15, 0.2) is 46.0 Å². The van der Waals surface area contributed by atoms with E-state index in [4.69, 9.17) is 9.68 Å². The third-order valence-electron chi connectivity index (χ3n) is 3.64. The predicted octanol–water partition coefficient (Wildman–Crippen LogP) is 3.80. The van der Waals surface area contributed by atoms with Gasteiger partial charge in [-0.25, -0.2) is 0 Å². The number of benzene rings is 1. The smallest absolute Gasteiger partial charge is 0.398 e. The standard InChI is InChI=1S/C18H18F3N3O3S/c1-11(12-4-6-14(7-5-12)18(19,20)21)23-27-10-13-8-9-28-16(13)15(24-26-3)17(25)22-2/h4-9H,10H2,1-3H3,(H,22,25)/b23-11-,24-15+. The molecule has 0 bridgehead atoms. The number of nitrogens with one attached hydrogen (secondary N) is 1. The fraction of sp³-hybridized carbons (Fsp3) is 0.278. The Hall–Kier alpha value is -2.88. The van der Waals surface area contributed by atoms with Crippen LogP contribution in [0.5, 0.6) is 0 Å². The summed E-state index contributed by atoms with van der Waals surface area (Å²) in [7, 11) is 2.82. The zero-order valence-corrected chi connectivity index (χ0v) is 16.1. The minimum Gasteiger partial charge on any atom is -0.398 e. The molecule has 6 nitrogen and oxygen atoms in total. The maximum atomic E-state index is 12.6. The maximum Gasteiger partial charge on any atom is 0.416 e.